The van der Waals surface area contributed by atoms with Crippen LogP contribution < -0.4 is 11.1 Å². The molecule has 2 atom stereocenters. The average molecular weight is 279 g/mol. The van der Waals surface area contributed by atoms with Crippen molar-refractivity contribution in [3.05, 3.63) is 34.9 Å². The van der Waals surface area contributed by atoms with Crippen LogP contribution in [0.2, 0.25) is 5.02 Å². The number of benzene rings is 1. The summed E-state index contributed by atoms with van der Waals surface area (Å²) in [5, 5.41) is 3.74. The quantitative estimate of drug-likeness (QED) is 0.811. The van der Waals surface area contributed by atoms with Crippen LogP contribution in [-0.4, -0.2) is 18.5 Å². The molecule has 0 unspecified atom stereocenters. The lowest BCUT2D eigenvalue weighted by atomic mass is 9.99. The van der Waals surface area contributed by atoms with E-state index in [0.29, 0.717) is 11.6 Å². The Labute approximate surface area is 119 Å². The van der Waals surface area contributed by atoms with Gasteiger partial charge in [-0.05, 0) is 24.1 Å². The Morgan fingerprint density at radius 2 is 2.26 bits per heavy atom. The van der Waals surface area contributed by atoms with Crippen molar-refractivity contribution in [1.82, 2.24) is 5.32 Å². The van der Waals surface area contributed by atoms with Gasteiger partial charge in [0.1, 0.15) is 0 Å². The average Bonchev–Trinajstić information content (AvgIpc) is 2.37. The van der Waals surface area contributed by atoms with E-state index in [2.05, 4.69) is 17.2 Å². The highest BCUT2D eigenvalue weighted by atomic mass is 35.5. The molecule has 3 N–H and O–H groups in total. The van der Waals surface area contributed by atoms with E-state index in [1.165, 1.54) is 0 Å². The van der Waals surface area contributed by atoms with Gasteiger partial charge in [-0.2, -0.15) is 0 Å². The van der Waals surface area contributed by atoms with Crippen molar-refractivity contribution < 1.29 is 4.79 Å². The fourth-order valence-electron chi connectivity index (χ4n) is 1.69. The number of carbonyl (C=O) groups excluding carboxylic acids is 1. The molecular weight excluding hydrogens is 260 g/mol. The lowest BCUT2D eigenvalue weighted by Gasteiger charge is -2.19. The molecular formula is C15H19ClN2O. The Morgan fingerprint density at radius 3 is 2.84 bits per heavy atom. The van der Waals surface area contributed by atoms with Crippen LogP contribution >= 0.6 is 11.6 Å². The monoisotopic (exact) mass is 278 g/mol. The van der Waals surface area contributed by atoms with Gasteiger partial charge in [0.2, 0.25) is 5.91 Å². The molecule has 0 fully saturated rings. The van der Waals surface area contributed by atoms with E-state index < -0.39 is 0 Å². The predicted molar refractivity (Wildman–Crippen MR) is 78.8 cm³/mol. The van der Waals surface area contributed by atoms with Gasteiger partial charge < -0.3 is 5.73 Å². The summed E-state index contributed by atoms with van der Waals surface area (Å²) in [6.07, 6.45) is 0.891. The Bertz CT molecular complexity index is 490. The van der Waals surface area contributed by atoms with Gasteiger partial charge in [0, 0.05) is 10.6 Å². The SMILES string of the molecule is CC[C@H](C)[C@@H](NCC#Cc1cccc(Cl)c1)C(N)=O. The number of halogens is 1. The summed E-state index contributed by atoms with van der Waals surface area (Å²) < 4.78 is 0. The zero-order valence-corrected chi connectivity index (χ0v) is 12.0. The second-order valence-corrected chi connectivity index (χ2v) is 4.90. The number of hydrogen-bond acceptors (Lipinski definition) is 2. The number of primary amides is 1. The zero-order valence-electron chi connectivity index (χ0n) is 11.2. The molecule has 1 amide bonds. The van der Waals surface area contributed by atoms with Gasteiger partial charge in [0.25, 0.3) is 0 Å². The van der Waals surface area contributed by atoms with Crippen LogP contribution in [0, 0.1) is 17.8 Å². The minimum Gasteiger partial charge on any atom is -0.368 e. The number of hydrogen-bond donors (Lipinski definition) is 2. The smallest absolute Gasteiger partial charge is 0.234 e. The van der Waals surface area contributed by atoms with E-state index in [0.717, 1.165) is 12.0 Å². The molecule has 0 aliphatic heterocycles. The standard InChI is InChI=1S/C15H19ClN2O/c1-3-11(2)14(15(17)19)18-9-5-7-12-6-4-8-13(16)10-12/h4,6,8,10-11,14,18H,3,9H2,1-2H3,(H2,17,19)/t11-,14+/m0/s1. The topological polar surface area (TPSA) is 55.1 Å². The third kappa shape index (κ3) is 5.34. The Hall–Kier alpha value is -1.50. The number of carbonyl (C=O) groups is 1. The van der Waals surface area contributed by atoms with Crippen molar-refractivity contribution in [3.8, 4) is 11.8 Å². The molecule has 102 valence electrons. The minimum atomic E-state index is -0.335. The molecule has 0 aliphatic carbocycles. The highest BCUT2D eigenvalue weighted by molar-refractivity contribution is 6.30. The Kier molecular flexibility index (Phi) is 6.41. The van der Waals surface area contributed by atoms with E-state index in [9.17, 15) is 4.79 Å². The van der Waals surface area contributed by atoms with Crippen LogP contribution in [-0.2, 0) is 4.79 Å². The van der Waals surface area contributed by atoms with Crippen LogP contribution in [0.5, 0.6) is 0 Å². The van der Waals surface area contributed by atoms with Gasteiger partial charge >= 0.3 is 0 Å². The van der Waals surface area contributed by atoms with E-state index in [-0.39, 0.29) is 17.9 Å². The molecule has 1 aromatic carbocycles. The van der Waals surface area contributed by atoms with Crippen LogP contribution in [0.4, 0.5) is 0 Å². The largest absolute Gasteiger partial charge is 0.368 e. The molecule has 0 aliphatic rings. The molecule has 0 spiro atoms. The zero-order chi connectivity index (χ0) is 14.3. The summed E-state index contributed by atoms with van der Waals surface area (Å²) in [6, 6.07) is 7.01. The van der Waals surface area contributed by atoms with E-state index >= 15 is 0 Å². The summed E-state index contributed by atoms with van der Waals surface area (Å²) in [5.74, 6) is 5.82. The third-order valence-electron chi connectivity index (χ3n) is 2.99. The molecule has 0 radical (unpaired) electrons. The molecule has 0 aromatic heterocycles. The van der Waals surface area contributed by atoms with Gasteiger partial charge in [-0.25, -0.2) is 0 Å². The minimum absolute atomic E-state index is 0.200. The predicted octanol–water partition coefficient (Wildman–Crippen LogP) is 2.18. The number of nitrogens with two attached hydrogens (primary N) is 1. The van der Waals surface area contributed by atoms with E-state index in [1.807, 2.05) is 26.0 Å². The molecule has 0 heterocycles. The summed E-state index contributed by atoms with van der Waals surface area (Å²) in [6.45, 7) is 4.44. The van der Waals surface area contributed by atoms with Crippen LogP contribution in [0.25, 0.3) is 0 Å². The molecule has 1 rings (SSSR count). The fourth-order valence-corrected chi connectivity index (χ4v) is 1.88. The van der Waals surface area contributed by atoms with Gasteiger partial charge in [0.15, 0.2) is 0 Å². The Balaban J connectivity index is 2.56. The molecule has 0 saturated carbocycles. The highest BCUT2D eigenvalue weighted by Gasteiger charge is 2.19. The second-order valence-electron chi connectivity index (χ2n) is 4.46. The maximum Gasteiger partial charge on any atom is 0.234 e. The number of amides is 1. The van der Waals surface area contributed by atoms with Gasteiger partial charge in [0.05, 0.1) is 12.6 Å². The van der Waals surface area contributed by atoms with Crippen molar-refractivity contribution in [3.63, 3.8) is 0 Å². The molecule has 4 heteroatoms. The van der Waals surface area contributed by atoms with Gasteiger partial charge in [-0.15, -0.1) is 0 Å². The molecule has 1 aromatic rings. The Morgan fingerprint density at radius 1 is 1.53 bits per heavy atom. The fraction of sp³-hybridized carbons (Fsp3) is 0.400. The first-order valence-corrected chi connectivity index (χ1v) is 6.69. The van der Waals surface area contributed by atoms with Crippen molar-refractivity contribution in [2.75, 3.05) is 6.54 Å². The lowest BCUT2D eigenvalue weighted by molar-refractivity contribution is -0.121. The van der Waals surface area contributed by atoms with E-state index in [1.54, 1.807) is 12.1 Å². The summed E-state index contributed by atoms with van der Waals surface area (Å²) in [5.41, 5.74) is 6.21. The molecule has 0 bridgehead atoms. The van der Waals surface area contributed by atoms with Crippen LogP contribution in [0.1, 0.15) is 25.8 Å². The molecule has 0 saturated heterocycles. The van der Waals surface area contributed by atoms with Gasteiger partial charge in [-0.3, -0.25) is 10.1 Å². The maximum atomic E-state index is 11.3. The van der Waals surface area contributed by atoms with Crippen molar-refractivity contribution in [1.29, 1.82) is 0 Å². The normalized spacial score (nSPS) is 13.2. The number of rotatable bonds is 5. The van der Waals surface area contributed by atoms with Crippen molar-refractivity contribution in [2.24, 2.45) is 11.7 Å². The number of nitrogens with one attached hydrogen (secondary N) is 1. The molecule has 19 heavy (non-hydrogen) atoms. The van der Waals surface area contributed by atoms with Crippen LogP contribution in [0.3, 0.4) is 0 Å². The summed E-state index contributed by atoms with van der Waals surface area (Å²) >= 11 is 5.87. The maximum absolute atomic E-state index is 11.3. The summed E-state index contributed by atoms with van der Waals surface area (Å²) in [7, 11) is 0. The van der Waals surface area contributed by atoms with Gasteiger partial charge in [-0.1, -0.05) is 49.8 Å². The molecule has 3 nitrogen and oxygen atoms in total. The first-order valence-electron chi connectivity index (χ1n) is 6.31. The van der Waals surface area contributed by atoms with Crippen LogP contribution in [0.15, 0.2) is 24.3 Å². The second kappa shape index (κ2) is 7.83. The third-order valence-corrected chi connectivity index (χ3v) is 3.22. The lowest BCUT2D eigenvalue weighted by Crippen LogP contribution is -2.45. The first-order chi connectivity index (χ1) is 9.04. The first kappa shape index (κ1) is 15.6. The van der Waals surface area contributed by atoms with E-state index in [4.69, 9.17) is 17.3 Å². The van der Waals surface area contributed by atoms with Crippen molar-refractivity contribution >= 4 is 17.5 Å². The summed E-state index contributed by atoms with van der Waals surface area (Å²) in [4.78, 5) is 11.3. The highest BCUT2D eigenvalue weighted by Crippen LogP contribution is 2.09. The van der Waals surface area contributed by atoms with Crippen molar-refractivity contribution in [2.45, 2.75) is 26.3 Å².